The number of ether oxygens (including phenoxy) is 1. The highest BCUT2D eigenvalue weighted by Gasteiger charge is 2.33. The molecule has 1 aliphatic rings. The molecular formula is C16H16ClNO2S. The van der Waals surface area contributed by atoms with Crippen LogP contribution in [0.2, 0.25) is 5.02 Å². The van der Waals surface area contributed by atoms with Crippen molar-refractivity contribution < 1.29 is 9.53 Å². The molecule has 0 bridgehead atoms. The first-order valence-corrected chi connectivity index (χ1v) is 8.12. The van der Waals surface area contributed by atoms with Crippen molar-refractivity contribution in [1.29, 1.82) is 0 Å². The van der Waals surface area contributed by atoms with Crippen molar-refractivity contribution in [2.45, 2.75) is 18.9 Å². The first-order chi connectivity index (χ1) is 10.2. The maximum atomic E-state index is 11.7. The average molecular weight is 322 g/mol. The van der Waals surface area contributed by atoms with Crippen molar-refractivity contribution in [2.24, 2.45) is 5.92 Å². The van der Waals surface area contributed by atoms with E-state index in [4.69, 9.17) is 16.3 Å². The SMILES string of the molecule is COC(=O)c1cc(NC(c2cccs2)C2CC2)ccc1Cl. The van der Waals surface area contributed by atoms with E-state index in [2.05, 4.69) is 22.8 Å². The van der Waals surface area contributed by atoms with Crippen LogP contribution in [0.25, 0.3) is 0 Å². The normalized spacial score (nSPS) is 15.5. The minimum Gasteiger partial charge on any atom is -0.465 e. The first kappa shape index (κ1) is 14.4. The number of halogens is 1. The van der Waals surface area contributed by atoms with Gasteiger partial charge in [0.05, 0.1) is 23.7 Å². The third-order valence-corrected chi connectivity index (χ3v) is 4.92. The minimum absolute atomic E-state index is 0.302. The summed E-state index contributed by atoms with van der Waals surface area (Å²) in [6.45, 7) is 0. The van der Waals surface area contributed by atoms with E-state index in [-0.39, 0.29) is 0 Å². The molecule has 110 valence electrons. The number of esters is 1. The highest BCUT2D eigenvalue weighted by atomic mass is 35.5. The molecule has 2 aromatic rings. The highest BCUT2D eigenvalue weighted by molar-refractivity contribution is 7.10. The van der Waals surface area contributed by atoms with Crippen LogP contribution >= 0.6 is 22.9 Å². The molecule has 1 N–H and O–H groups in total. The van der Waals surface area contributed by atoms with Crippen LogP contribution in [0.4, 0.5) is 5.69 Å². The summed E-state index contributed by atoms with van der Waals surface area (Å²) in [5.41, 5.74) is 1.29. The molecule has 3 nitrogen and oxygen atoms in total. The summed E-state index contributed by atoms with van der Waals surface area (Å²) in [5, 5.41) is 6.03. The Morgan fingerprint density at radius 2 is 2.24 bits per heavy atom. The fourth-order valence-corrected chi connectivity index (χ4v) is 3.44. The van der Waals surface area contributed by atoms with Gasteiger partial charge in [-0.15, -0.1) is 11.3 Å². The Kier molecular flexibility index (Phi) is 4.17. The molecule has 21 heavy (non-hydrogen) atoms. The fraction of sp³-hybridized carbons (Fsp3) is 0.312. The second-order valence-electron chi connectivity index (χ2n) is 5.16. The van der Waals surface area contributed by atoms with Gasteiger partial charge >= 0.3 is 5.97 Å². The number of thiophene rings is 1. The predicted octanol–water partition coefficient (Wildman–Crippen LogP) is 4.75. The van der Waals surface area contributed by atoms with Crippen molar-refractivity contribution in [3.05, 3.63) is 51.2 Å². The quantitative estimate of drug-likeness (QED) is 0.807. The second-order valence-corrected chi connectivity index (χ2v) is 6.55. The Morgan fingerprint density at radius 3 is 2.86 bits per heavy atom. The monoisotopic (exact) mass is 321 g/mol. The average Bonchev–Trinajstić information content (AvgIpc) is 3.19. The largest absolute Gasteiger partial charge is 0.465 e. The van der Waals surface area contributed by atoms with E-state index in [1.54, 1.807) is 23.5 Å². The molecule has 0 saturated heterocycles. The Labute approximate surface area is 132 Å². The predicted molar refractivity (Wildman–Crippen MR) is 86.2 cm³/mol. The van der Waals surface area contributed by atoms with Crippen LogP contribution in [-0.4, -0.2) is 13.1 Å². The van der Waals surface area contributed by atoms with E-state index in [0.717, 1.165) is 5.69 Å². The zero-order valence-electron chi connectivity index (χ0n) is 11.6. The maximum Gasteiger partial charge on any atom is 0.339 e. The van der Waals surface area contributed by atoms with Crippen LogP contribution in [0.15, 0.2) is 35.7 Å². The zero-order chi connectivity index (χ0) is 14.8. The molecule has 1 fully saturated rings. The van der Waals surface area contributed by atoms with Gasteiger partial charge in [-0.2, -0.15) is 0 Å². The molecule has 1 heterocycles. The molecule has 0 radical (unpaired) electrons. The third-order valence-electron chi connectivity index (χ3n) is 3.64. The van der Waals surface area contributed by atoms with Crippen LogP contribution in [0, 0.1) is 5.92 Å². The number of benzene rings is 1. The number of anilines is 1. The van der Waals surface area contributed by atoms with E-state index >= 15 is 0 Å². The molecule has 5 heteroatoms. The Morgan fingerprint density at radius 1 is 1.43 bits per heavy atom. The summed E-state index contributed by atoms with van der Waals surface area (Å²) in [5.74, 6) is 0.253. The number of hydrogen-bond acceptors (Lipinski definition) is 4. The minimum atomic E-state index is -0.414. The number of carbonyl (C=O) groups is 1. The molecule has 1 aliphatic carbocycles. The van der Waals surface area contributed by atoms with Crippen molar-refractivity contribution >= 4 is 34.6 Å². The summed E-state index contributed by atoms with van der Waals surface area (Å²) >= 11 is 7.81. The van der Waals surface area contributed by atoms with Gasteiger partial charge in [0.2, 0.25) is 0 Å². The van der Waals surface area contributed by atoms with Crippen LogP contribution in [0.1, 0.15) is 34.1 Å². The molecule has 0 spiro atoms. The molecule has 1 unspecified atom stereocenters. The van der Waals surface area contributed by atoms with Gasteiger partial charge in [0.1, 0.15) is 0 Å². The van der Waals surface area contributed by atoms with E-state index in [9.17, 15) is 4.79 Å². The number of carbonyl (C=O) groups excluding carboxylic acids is 1. The highest BCUT2D eigenvalue weighted by Crippen LogP contribution is 2.44. The topological polar surface area (TPSA) is 38.3 Å². The summed E-state index contributed by atoms with van der Waals surface area (Å²) < 4.78 is 4.76. The summed E-state index contributed by atoms with van der Waals surface area (Å²) in [6.07, 6.45) is 2.49. The molecule has 1 saturated carbocycles. The van der Waals surface area contributed by atoms with Crippen LogP contribution in [0.5, 0.6) is 0 Å². The van der Waals surface area contributed by atoms with Crippen molar-refractivity contribution in [3.8, 4) is 0 Å². The van der Waals surface area contributed by atoms with E-state index < -0.39 is 5.97 Å². The lowest BCUT2D eigenvalue weighted by atomic mass is 10.1. The van der Waals surface area contributed by atoms with Crippen molar-refractivity contribution in [1.82, 2.24) is 0 Å². The van der Waals surface area contributed by atoms with E-state index in [1.165, 1.54) is 24.8 Å². The molecule has 1 aromatic carbocycles. The molecule has 0 aliphatic heterocycles. The smallest absolute Gasteiger partial charge is 0.339 e. The van der Waals surface area contributed by atoms with Gasteiger partial charge < -0.3 is 10.1 Å². The second kappa shape index (κ2) is 6.08. The number of nitrogens with one attached hydrogen (secondary N) is 1. The molecule has 1 atom stereocenters. The third kappa shape index (κ3) is 3.22. The number of methoxy groups -OCH3 is 1. The lowest BCUT2D eigenvalue weighted by Gasteiger charge is -2.19. The molecular weight excluding hydrogens is 306 g/mol. The lowest BCUT2D eigenvalue weighted by molar-refractivity contribution is 0.0601. The number of rotatable bonds is 5. The molecule has 0 amide bonds. The summed E-state index contributed by atoms with van der Waals surface area (Å²) in [6, 6.07) is 9.91. The van der Waals surface area contributed by atoms with Crippen molar-refractivity contribution in [2.75, 3.05) is 12.4 Å². The van der Waals surface area contributed by atoms with Gasteiger partial charge in [0.15, 0.2) is 0 Å². The Bertz CT molecular complexity index is 638. The van der Waals surface area contributed by atoms with Gasteiger partial charge in [-0.05, 0) is 48.4 Å². The fourth-order valence-electron chi connectivity index (χ4n) is 2.38. The van der Waals surface area contributed by atoms with Gasteiger partial charge in [-0.1, -0.05) is 17.7 Å². The molecule has 3 rings (SSSR count). The van der Waals surface area contributed by atoms with Gasteiger partial charge in [-0.25, -0.2) is 4.79 Å². The summed E-state index contributed by atoms with van der Waals surface area (Å²) in [7, 11) is 1.36. The standard InChI is InChI=1S/C16H16ClNO2S/c1-20-16(19)12-9-11(6-7-13(12)17)18-15(10-4-5-10)14-3-2-8-21-14/h2-3,6-10,15,18H,4-5H2,1H3. The van der Waals surface area contributed by atoms with E-state index in [0.29, 0.717) is 22.5 Å². The number of hydrogen-bond donors (Lipinski definition) is 1. The van der Waals surface area contributed by atoms with E-state index in [1.807, 2.05) is 6.07 Å². The lowest BCUT2D eigenvalue weighted by Crippen LogP contribution is -2.12. The summed E-state index contributed by atoms with van der Waals surface area (Å²) in [4.78, 5) is 13.0. The van der Waals surface area contributed by atoms with Crippen LogP contribution in [-0.2, 0) is 4.74 Å². The van der Waals surface area contributed by atoms with Crippen molar-refractivity contribution in [3.63, 3.8) is 0 Å². The van der Waals surface area contributed by atoms with Gasteiger partial charge in [0, 0.05) is 10.6 Å². The first-order valence-electron chi connectivity index (χ1n) is 6.87. The van der Waals surface area contributed by atoms with Gasteiger partial charge in [0.25, 0.3) is 0 Å². The Balaban J connectivity index is 1.85. The Hall–Kier alpha value is -1.52. The molecule has 1 aromatic heterocycles. The van der Waals surface area contributed by atoms with Gasteiger partial charge in [-0.3, -0.25) is 0 Å². The van der Waals surface area contributed by atoms with Crippen LogP contribution < -0.4 is 5.32 Å². The van der Waals surface area contributed by atoms with Crippen LogP contribution in [0.3, 0.4) is 0 Å². The maximum absolute atomic E-state index is 11.7. The zero-order valence-corrected chi connectivity index (χ0v) is 13.2.